The number of amides is 2. The standard InChI is InChI=1S/C22H28N4O5/c1-14(2)26-18(28)12-11-16(25-26)19(20(29)15-9-7-6-8-10-15)23-17(27)13-31-21(30)24-22(3,4)5/h6-12,14,19H,13H2,1-5H3,(H,23,27)(H,24,30). The summed E-state index contributed by atoms with van der Waals surface area (Å²) in [5, 5.41) is 9.40. The van der Waals surface area contributed by atoms with Crippen molar-refractivity contribution in [2.75, 3.05) is 6.61 Å². The van der Waals surface area contributed by atoms with E-state index in [-0.39, 0.29) is 17.3 Å². The first-order valence-electron chi connectivity index (χ1n) is 9.91. The molecule has 2 amide bonds. The molecule has 1 aromatic carbocycles. The molecule has 0 fully saturated rings. The highest BCUT2D eigenvalue weighted by Gasteiger charge is 2.27. The molecular weight excluding hydrogens is 400 g/mol. The van der Waals surface area contributed by atoms with Crippen LogP contribution in [-0.4, -0.2) is 39.7 Å². The van der Waals surface area contributed by atoms with Crippen molar-refractivity contribution in [3.8, 4) is 0 Å². The van der Waals surface area contributed by atoms with Gasteiger partial charge in [-0.15, -0.1) is 0 Å². The van der Waals surface area contributed by atoms with Crippen LogP contribution in [0.25, 0.3) is 0 Å². The number of Topliss-reactive ketones (excluding diaryl/α,β-unsaturated/α-hetero) is 1. The molecule has 9 heteroatoms. The molecule has 2 rings (SSSR count). The third-order valence-corrected chi connectivity index (χ3v) is 4.07. The molecule has 0 aliphatic carbocycles. The van der Waals surface area contributed by atoms with E-state index in [1.807, 2.05) is 0 Å². The van der Waals surface area contributed by atoms with E-state index in [0.29, 0.717) is 5.56 Å². The number of aromatic nitrogens is 2. The fraction of sp³-hybridized carbons (Fsp3) is 0.409. The summed E-state index contributed by atoms with van der Waals surface area (Å²) >= 11 is 0. The van der Waals surface area contributed by atoms with Gasteiger partial charge in [0.15, 0.2) is 12.4 Å². The molecule has 1 unspecified atom stereocenters. The molecule has 2 N–H and O–H groups in total. The maximum atomic E-state index is 13.1. The van der Waals surface area contributed by atoms with Crippen LogP contribution < -0.4 is 16.2 Å². The molecule has 1 heterocycles. The summed E-state index contributed by atoms with van der Waals surface area (Å²) in [6.07, 6.45) is -0.750. The predicted molar refractivity (Wildman–Crippen MR) is 115 cm³/mol. The molecule has 1 atom stereocenters. The lowest BCUT2D eigenvalue weighted by Gasteiger charge is -2.21. The highest BCUT2D eigenvalue weighted by Crippen LogP contribution is 2.17. The zero-order valence-corrected chi connectivity index (χ0v) is 18.3. The number of rotatable bonds is 7. The quantitative estimate of drug-likeness (QED) is 0.654. The largest absolute Gasteiger partial charge is 0.439 e. The van der Waals surface area contributed by atoms with Crippen LogP contribution in [0.2, 0.25) is 0 Å². The van der Waals surface area contributed by atoms with E-state index in [1.54, 1.807) is 65.0 Å². The Morgan fingerprint density at radius 2 is 1.71 bits per heavy atom. The van der Waals surface area contributed by atoms with E-state index in [2.05, 4.69) is 15.7 Å². The normalized spacial score (nSPS) is 12.2. The van der Waals surface area contributed by atoms with Gasteiger partial charge in [0.1, 0.15) is 6.04 Å². The Labute approximate surface area is 180 Å². The highest BCUT2D eigenvalue weighted by molar-refractivity contribution is 6.02. The molecular formula is C22H28N4O5. The number of hydrogen-bond donors (Lipinski definition) is 2. The minimum atomic E-state index is -1.16. The van der Waals surface area contributed by atoms with Crippen LogP contribution in [0.3, 0.4) is 0 Å². The van der Waals surface area contributed by atoms with E-state index >= 15 is 0 Å². The van der Waals surface area contributed by atoms with Gasteiger partial charge in [0.05, 0.1) is 11.7 Å². The second-order valence-corrected chi connectivity index (χ2v) is 8.32. The van der Waals surface area contributed by atoms with Crippen molar-refractivity contribution >= 4 is 17.8 Å². The molecule has 0 spiro atoms. The van der Waals surface area contributed by atoms with Gasteiger partial charge in [-0.2, -0.15) is 5.10 Å². The maximum absolute atomic E-state index is 13.1. The third-order valence-electron chi connectivity index (χ3n) is 4.07. The van der Waals surface area contributed by atoms with Gasteiger partial charge in [-0.25, -0.2) is 9.48 Å². The number of ketones is 1. The number of nitrogens with one attached hydrogen (secondary N) is 2. The molecule has 0 aliphatic rings. The fourth-order valence-corrected chi connectivity index (χ4v) is 2.68. The van der Waals surface area contributed by atoms with E-state index in [9.17, 15) is 19.2 Å². The van der Waals surface area contributed by atoms with Crippen molar-refractivity contribution in [1.29, 1.82) is 0 Å². The van der Waals surface area contributed by atoms with Crippen molar-refractivity contribution in [1.82, 2.24) is 20.4 Å². The number of hydrogen-bond acceptors (Lipinski definition) is 6. The fourth-order valence-electron chi connectivity index (χ4n) is 2.68. The smallest absolute Gasteiger partial charge is 0.408 e. The van der Waals surface area contributed by atoms with E-state index in [4.69, 9.17) is 4.74 Å². The summed E-state index contributed by atoms with van der Waals surface area (Å²) in [6.45, 7) is 8.32. The first kappa shape index (κ1) is 23.8. The number of carbonyl (C=O) groups excluding carboxylic acids is 3. The molecule has 166 valence electrons. The first-order chi connectivity index (χ1) is 14.5. The lowest BCUT2D eigenvalue weighted by Crippen LogP contribution is -2.43. The lowest BCUT2D eigenvalue weighted by molar-refractivity contribution is -0.124. The van der Waals surface area contributed by atoms with Crippen LogP contribution in [0, 0.1) is 0 Å². The van der Waals surface area contributed by atoms with Gasteiger partial charge in [0.25, 0.3) is 11.5 Å². The number of alkyl carbamates (subject to hydrolysis) is 1. The van der Waals surface area contributed by atoms with E-state index in [0.717, 1.165) is 0 Å². The Bertz CT molecular complexity index is 993. The van der Waals surface area contributed by atoms with Crippen LogP contribution in [0.15, 0.2) is 47.3 Å². The van der Waals surface area contributed by atoms with Crippen molar-refractivity contribution < 1.29 is 19.1 Å². The number of benzene rings is 1. The first-order valence-corrected chi connectivity index (χ1v) is 9.91. The molecule has 0 radical (unpaired) electrons. The molecule has 31 heavy (non-hydrogen) atoms. The third kappa shape index (κ3) is 7.06. The van der Waals surface area contributed by atoms with Gasteiger partial charge in [-0.3, -0.25) is 14.4 Å². The van der Waals surface area contributed by atoms with Gasteiger partial charge in [0.2, 0.25) is 0 Å². The summed E-state index contributed by atoms with van der Waals surface area (Å²) < 4.78 is 6.17. The summed E-state index contributed by atoms with van der Waals surface area (Å²) in [5.74, 6) is -1.09. The van der Waals surface area contributed by atoms with Gasteiger partial charge < -0.3 is 15.4 Å². The Morgan fingerprint density at radius 1 is 1.06 bits per heavy atom. The summed E-state index contributed by atoms with van der Waals surface area (Å²) in [6, 6.07) is 9.72. The Morgan fingerprint density at radius 3 is 2.29 bits per heavy atom. The number of carbonyl (C=O) groups is 3. The van der Waals surface area contributed by atoms with Crippen LogP contribution in [0.1, 0.15) is 62.8 Å². The van der Waals surface area contributed by atoms with Crippen molar-refractivity contribution in [3.63, 3.8) is 0 Å². The van der Waals surface area contributed by atoms with Crippen LogP contribution >= 0.6 is 0 Å². The molecule has 1 aromatic heterocycles. The number of nitrogens with zero attached hydrogens (tertiary/aromatic N) is 2. The Kier molecular flexibility index (Phi) is 7.68. The van der Waals surface area contributed by atoms with Crippen LogP contribution in [0.4, 0.5) is 4.79 Å². The van der Waals surface area contributed by atoms with Gasteiger partial charge >= 0.3 is 6.09 Å². The second-order valence-electron chi connectivity index (χ2n) is 8.32. The topological polar surface area (TPSA) is 119 Å². The number of ether oxygens (including phenoxy) is 1. The van der Waals surface area contributed by atoms with Crippen molar-refractivity contribution in [2.45, 2.75) is 52.2 Å². The molecule has 0 bridgehead atoms. The molecule has 0 saturated heterocycles. The summed E-state index contributed by atoms with van der Waals surface area (Å²) in [4.78, 5) is 49.4. The molecule has 0 aliphatic heterocycles. The van der Waals surface area contributed by atoms with Gasteiger partial charge in [-0.1, -0.05) is 30.3 Å². The Balaban J connectivity index is 2.26. The Hall–Kier alpha value is -3.49. The average molecular weight is 428 g/mol. The summed E-state index contributed by atoms with van der Waals surface area (Å²) in [5.41, 5.74) is -0.274. The zero-order valence-electron chi connectivity index (χ0n) is 18.3. The van der Waals surface area contributed by atoms with Gasteiger partial charge in [-0.05, 0) is 40.7 Å². The maximum Gasteiger partial charge on any atom is 0.408 e. The van der Waals surface area contributed by atoms with Crippen molar-refractivity contribution in [3.05, 3.63) is 64.1 Å². The second kappa shape index (κ2) is 10.0. The summed E-state index contributed by atoms with van der Waals surface area (Å²) in [7, 11) is 0. The van der Waals surface area contributed by atoms with Gasteiger partial charge in [0, 0.05) is 17.2 Å². The SMILES string of the molecule is CC(C)n1nc(C(NC(=O)COC(=O)NC(C)(C)C)C(=O)c2ccccc2)ccc1=O. The predicted octanol–water partition coefficient (Wildman–Crippen LogP) is 2.39. The van der Waals surface area contributed by atoms with Crippen LogP contribution in [-0.2, 0) is 9.53 Å². The minimum absolute atomic E-state index is 0.203. The van der Waals surface area contributed by atoms with E-state index < -0.39 is 36.0 Å². The molecule has 9 nitrogen and oxygen atoms in total. The minimum Gasteiger partial charge on any atom is -0.439 e. The van der Waals surface area contributed by atoms with Crippen LogP contribution in [0.5, 0.6) is 0 Å². The van der Waals surface area contributed by atoms with E-state index in [1.165, 1.54) is 16.8 Å². The zero-order chi connectivity index (χ0) is 23.2. The monoisotopic (exact) mass is 428 g/mol. The lowest BCUT2D eigenvalue weighted by atomic mass is 10.0. The van der Waals surface area contributed by atoms with Crippen molar-refractivity contribution in [2.24, 2.45) is 0 Å². The molecule has 0 saturated carbocycles. The molecule has 2 aromatic rings. The highest BCUT2D eigenvalue weighted by atomic mass is 16.6. The average Bonchev–Trinajstić information content (AvgIpc) is 2.69.